The molecule has 1 heterocycles. The van der Waals surface area contributed by atoms with Gasteiger partial charge < -0.3 is 31.0 Å². The largest absolute Gasteiger partial charge is 0.504 e. The lowest BCUT2D eigenvalue weighted by Crippen LogP contribution is -2.59. The van der Waals surface area contributed by atoms with Crippen LogP contribution in [-0.2, 0) is 9.59 Å². The number of carbonyl (C=O) groups excluding carboxylic acids is 2. The van der Waals surface area contributed by atoms with Crippen molar-refractivity contribution < 1.29 is 19.4 Å². The quantitative estimate of drug-likeness (QED) is 0.436. The molecule has 1 aromatic carbocycles. The summed E-state index contributed by atoms with van der Waals surface area (Å²) < 4.78 is 5.06. The standard InChI is InChI=1S/C19H28N4O4/c1-27-17-13-14(4-6-16(17)25)5-7-18(26)22-8-10-23(11-9-22)19(21)15(20)3-2-12-24/h4-7,12-13,15,19,25H,2-3,8-11,20-21H2,1H3/b7-5+. The van der Waals surface area contributed by atoms with Gasteiger partial charge in [-0.05, 0) is 30.2 Å². The van der Waals surface area contributed by atoms with Crippen LogP contribution < -0.4 is 16.2 Å². The van der Waals surface area contributed by atoms with Crippen molar-refractivity contribution >= 4 is 18.3 Å². The van der Waals surface area contributed by atoms with E-state index >= 15 is 0 Å². The van der Waals surface area contributed by atoms with Gasteiger partial charge in [0.2, 0.25) is 5.91 Å². The molecular weight excluding hydrogens is 348 g/mol. The van der Waals surface area contributed by atoms with Crippen molar-refractivity contribution in [3.63, 3.8) is 0 Å². The molecule has 148 valence electrons. The molecule has 0 saturated carbocycles. The molecule has 8 heteroatoms. The number of methoxy groups -OCH3 is 1. The van der Waals surface area contributed by atoms with Crippen LogP contribution in [0.3, 0.4) is 0 Å². The van der Waals surface area contributed by atoms with Crippen LogP contribution in [0, 0.1) is 0 Å². The second-order valence-electron chi connectivity index (χ2n) is 6.52. The molecule has 27 heavy (non-hydrogen) atoms. The van der Waals surface area contributed by atoms with Crippen molar-refractivity contribution in [2.45, 2.75) is 25.0 Å². The Morgan fingerprint density at radius 1 is 1.30 bits per heavy atom. The summed E-state index contributed by atoms with van der Waals surface area (Å²) in [6.07, 6.45) is 4.69. The van der Waals surface area contributed by atoms with E-state index < -0.39 is 0 Å². The summed E-state index contributed by atoms with van der Waals surface area (Å²) in [6, 6.07) is 4.63. The van der Waals surface area contributed by atoms with Crippen LogP contribution in [0.5, 0.6) is 11.5 Å². The van der Waals surface area contributed by atoms with Gasteiger partial charge in [0, 0.05) is 44.7 Å². The Bertz CT molecular complexity index is 672. The van der Waals surface area contributed by atoms with Gasteiger partial charge in [-0.25, -0.2) is 0 Å². The number of amides is 1. The zero-order valence-corrected chi connectivity index (χ0v) is 15.6. The van der Waals surface area contributed by atoms with Crippen molar-refractivity contribution in [1.82, 2.24) is 9.80 Å². The van der Waals surface area contributed by atoms with E-state index in [9.17, 15) is 14.7 Å². The maximum absolute atomic E-state index is 12.4. The highest BCUT2D eigenvalue weighted by molar-refractivity contribution is 5.92. The van der Waals surface area contributed by atoms with Gasteiger partial charge in [-0.3, -0.25) is 9.69 Å². The lowest BCUT2D eigenvalue weighted by Gasteiger charge is -2.39. The molecule has 2 unspecified atom stereocenters. The maximum atomic E-state index is 12.4. The number of benzene rings is 1. The molecule has 0 aliphatic carbocycles. The van der Waals surface area contributed by atoms with Crippen molar-refractivity contribution in [2.24, 2.45) is 11.5 Å². The van der Waals surface area contributed by atoms with Gasteiger partial charge in [0.05, 0.1) is 13.3 Å². The van der Waals surface area contributed by atoms with Crippen molar-refractivity contribution in [2.75, 3.05) is 33.3 Å². The molecule has 0 bridgehead atoms. The van der Waals surface area contributed by atoms with E-state index in [2.05, 4.69) is 0 Å². The molecule has 1 fully saturated rings. The number of ether oxygens (including phenoxy) is 1. The monoisotopic (exact) mass is 376 g/mol. The Labute approximate surface area is 159 Å². The van der Waals surface area contributed by atoms with E-state index in [4.69, 9.17) is 16.2 Å². The van der Waals surface area contributed by atoms with E-state index in [1.807, 2.05) is 4.90 Å². The summed E-state index contributed by atoms with van der Waals surface area (Å²) in [5, 5.41) is 9.61. The number of phenols is 1. The minimum atomic E-state index is -0.317. The average molecular weight is 376 g/mol. The molecule has 1 amide bonds. The van der Waals surface area contributed by atoms with Gasteiger partial charge >= 0.3 is 0 Å². The number of nitrogens with zero attached hydrogens (tertiary/aromatic N) is 2. The molecule has 1 aromatic rings. The summed E-state index contributed by atoms with van der Waals surface area (Å²) in [5.74, 6) is 0.332. The maximum Gasteiger partial charge on any atom is 0.246 e. The number of nitrogens with two attached hydrogens (primary N) is 2. The second kappa shape index (κ2) is 10.1. The second-order valence-corrected chi connectivity index (χ2v) is 6.52. The molecule has 2 rings (SSSR count). The lowest BCUT2D eigenvalue weighted by atomic mass is 10.1. The Balaban J connectivity index is 1.86. The van der Waals surface area contributed by atoms with Gasteiger partial charge in [0.25, 0.3) is 0 Å². The van der Waals surface area contributed by atoms with Crippen molar-refractivity contribution in [3.8, 4) is 11.5 Å². The van der Waals surface area contributed by atoms with Crippen molar-refractivity contribution in [3.05, 3.63) is 29.8 Å². The zero-order chi connectivity index (χ0) is 19.8. The summed E-state index contributed by atoms with van der Waals surface area (Å²) in [4.78, 5) is 26.7. The minimum Gasteiger partial charge on any atom is -0.504 e. The van der Waals surface area contributed by atoms with E-state index in [0.717, 1.165) is 11.8 Å². The topological polar surface area (TPSA) is 122 Å². The predicted molar refractivity (Wildman–Crippen MR) is 103 cm³/mol. The highest BCUT2D eigenvalue weighted by atomic mass is 16.5. The van der Waals surface area contributed by atoms with Gasteiger partial charge in [-0.1, -0.05) is 6.07 Å². The molecule has 1 saturated heterocycles. The fourth-order valence-electron chi connectivity index (χ4n) is 3.01. The number of rotatable bonds is 8. The van der Waals surface area contributed by atoms with Crippen LogP contribution in [0.1, 0.15) is 18.4 Å². The zero-order valence-electron chi connectivity index (χ0n) is 15.6. The van der Waals surface area contributed by atoms with Crippen molar-refractivity contribution in [1.29, 1.82) is 0 Å². The number of piperazine rings is 1. The van der Waals surface area contributed by atoms with Crippen LogP contribution >= 0.6 is 0 Å². The molecule has 5 N–H and O–H groups in total. The third-order valence-corrected chi connectivity index (χ3v) is 4.73. The number of hydrogen-bond acceptors (Lipinski definition) is 7. The Hall–Kier alpha value is -2.42. The summed E-state index contributed by atoms with van der Waals surface area (Å²) >= 11 is 0. The molecule has 1 aliphatic heterocycles. The SMILES string of the molecule is COc1cc(/C=C/C(=O)N2CCN(C(N)C(N)CCC=O)CC2)ccc1O. The van der Waals surface area contributed by atoms with Gasteiger partial charge in [-0.2, -0.15) is 0 Å². The summed E-state index contributed by atoms with van der Waals surface area (Å²) in [5.41, 5.74) is 13.0. The Morgan fingerprint density at radius 3 is 2.63 bits per heavy atom. The number of aldehydes is 1. The number of hydrogen-bond donors (Lipinski definition) is 3. The van der Waals surface area contributed by atoms with Crippen LogP contribution in [0.15, 0.2) is 24.3 Å². The molecule has 0 radical (unpaired) electrons. The first-order valence-electron chi connectivity index (χ1n) is 8.99. The summed E-state index contributed by atoms with van der Waals surface area (Å²) in [6.45, 7) is 2.41. The van der Waals surface area contributed by atoms with Gasteiger partial charge in [0.15, 0.2) is 11.5 Å². The molecule has 0 aromatic heterocycles. The van der Waals surface area contributed by atoms with E-state index in [-0.39, 0.29) is 23.9 Å². The molecule has 8 nitrogen and oxygen atoms in total. The lowest BCUT2D eigenvalue weighted by molar-refractivity contribution is -0.128. The smallest absolute Gasteiger partial charge is 0.246 e. The first kappa shape index (κ1) is 20.9. The Kier molecular flexibility index (Phi) is 7.78. The number of carbonyl (C=O) groups is 2. The van der Waals surface area contributed by atoms with Crippen LogP contribution in [0.25, 0.3) is 6.08 Å². The van der Waals surface area contributed by atoms with Crippen LogP contribution in [0.2, 0.25) is 0 Å². The molecular formula is C19H28N4O4. The molecule has 0 spiro atoms. The van der Waals surface area contributed by atoms with Crippen LogP contribution in [0.4, 0.5) is 0 Å². The average Bonchev–Trinajstić information content (AvgIpc) is 2.70. The van der Waals surface area contributed by atoms with E-state index in [1.165, 1.54) is 19.3 Å². The molecule has 1 aliphatic rings. The number of aromatic hydroxyl groups is 1. The van der Waals surface area contributed by atoms with Gasteiger partial charge in [0.1, 0.15) is 6.29 Å². The predicted octanol–water partition coefficient (Wildman–Crippen LogP) is 0.149. The fourth-order valence-corrected chi connectivity index (χ4v) is 3.01. The highest BCUT2D eigenvalue weighted by Crippen LogP contribution is 2.26. The van der Waals surface area contributed by atoms with Crippen LogP contribution in [-0.4, -0.2) is 72.6 Å². The fraction of sp³-hybridized carbons (Fsp3) is 0.474. The third-order valence-electron chi connectivity index (χ3n) is 4.73. The van der Waals surface area contributed by atoms with E-state index in [0.29, 0.717) is 44.8 Å². The minimum absolute atomic E-state index is 0.0554. The summed E-state index contributed by atoms with van der Waals surface area (Å²) in [7, 11) is 1.47. The first-order valence-corrected chi connectivity index (χ1v) is 8.99. The molecule has 2 atom stereocenters. The first-order chi connectivity index (χ1) is 13.0. The normalized spacial score (nSPS) is 17.7. The third kappa shape index (κ3) is 5.78. The number of phenolic OH excluding ortho intramolecular Hbond substituents is 1. The Morgan fingerprint density at radius 2 is 2.00 bits per heavy atom. The van der Waals surface area contributed by atoms with E-state index in [1.54, 1.807) is 23.1 Å². The highest BCUT2D eigenvalue weighted by Gasteiger charge is 2.26. The van der Waals surface area contributed by atoms with Gasteiger partial charge in [-0.15, -0.1) is 0 Å².